The summed E-state index contributed by atoms with van der Waals surface area (Å²) in [7, 11) is 1.81. The summed E-state index contributed by atoms with van der Waals surface area (Å²) in [5, 5.41) is 6.67. The average Bonchev–Trinajstić information content (AvgIpc) is 3.00. The molecular formula is C15H27IN4O. The Kier molecular flexibility index (Phi) is 9.49. The largest absolute Gasteiger partial charge is 0.469 e. The lowest BCUT2D eigenvalue weighted by molar-refractivity contribution is 0.232. The zero-order valence-electron chi connectivity index (χ0n) is 12.8. The van der Waals surface area contributed by atoms with E-state index in [2.05, 4.69) is 20.5 Å². The second-order valence-corrected chi connectivity index (χ2v) is 5.16. The van der Waals surface area contributed by atoms with Gasteiger partial charge in [0, 0.05) is 33.1 Å². The van der Waals surface area contributed by atoms with Gasteiger partial charge in [0.25, 0.3) is 0 Å². The molecule has 0 spiro atoms. The van der Waals surface area contributed by atoms with Crippen LogP contribution >= 0.6 is 24.0 Å². The number of hydrogen-bond acceptors (Lipinski definition) is 3. The van der Waals surface area contributed by atoms with Crippen LogP contribution in [0.3, 0.4) is 0 Å². The van der Waals surface area contributed by atoms with Gasteiger partial charge >= 0.3 is 0 Å². The van der Waals surface area contributed by atoms with Crippen molar-refractivity contribution in [2.75, 3.05) is 39.8 Å². The molecule has 5 nitrogen and oxygen atoms in total. The van der Waals surface area contributed by atoms with Crippen LogP contribution in [0.15, 0.2) is 27.8 Å². The maximum atomic E-state index is 5.30. The quantitative estimate of drug-likeness (QED) is 0.432. The molecule has 0 saturated carbocycles. The highest BCUT2D eigenvalue weighted by atomic mass is 127. The molecule has 1 aromatic rings. The van der Waals surface area contributed by atoms with Crippen LogP contribution in [-0.4, -0.2) is 50.6 Å². The third-order valence-electron chi connectivity index (χ3n) is 3.64. The van der Waals surface area contributed by atoms with Crippen molar-refractivity contribution in [3.8, 4) is 0 Å². The van der Waals surface area contributed by atoms with Crippen LogP contribution < -0.4 is 10.6 Å². The minimum absolute atomic E-state index is 0. The average molecular weight is 406 g/mol. The smallest absolute Gasteiger partial charge is 0.191 e. The van der Waals surface area contributed by atoms with Crippen molar-refractivity contribution in [1.29, 1.82) is 0 Å². The second-order valence-electron chi connectivity index (χ2n) is 5.16. The van der Waals surface area contributed by atoms with E-state index in [4.69, 9.17) is 4.42 Å². The number of nitrogens with zero attached hydrogens (tertiary/aromatic N) is 2. The molecule has 0 unspecified atom stereocenters. The van der Waals surface area contributed by atoms with E-state index in [1.807, 2.05) is 19.2 Å². The van der Waals surface area contributed by atoms with Crippen molar-refractivity contribution in [3.63, 3.8) is 0 Å². The van der Waals surface area contributed by atoms with Crippen molar-refractivity contribution >= 4 is 29.9 Å². The number of piperidine rings is 1. The first kappa shape index (κ1) is 18.3. The predicted molar refractivity (Wildman–Crippen MR) is 97.5 cm³/mol. The molecule has 0 radical (unpaired) electrons. The number of rotatable bonds is 6. The molecule has 1 fully saturated rings. The summed E-state index contributed by atoms with van der Waals surface area (Å²) < 4.78 is 5.30. The summed E-state index contributed by atoms with van der Waals surface area (Å²) in [6.45, 7) is 5.36. The number of nitrogens with one attached hydrogen (secondary N) is 2. The Hall–Kier alpha value is -0.760. The van der Waals surface area contributed by atoms with Gasteiger partial charge in [-0.05, 0) is 38.1 Å². The zero-order chi connectivity index (χ0) is 14.0. The Bertz CT molecular complexity index is 388. The molecule has 1 aliphatic rings. The van der Waals surface area contributed by atoms with Crippen molar-refractivity contribution in [3.05, 3.63) is 24.2 Å². The van der Waals surface area contributed by atoms with Crippen molar-refractivity contribution in [2.24, 2.45) is 4.99 Å². The number of guanidine groups is 1. The molecule has 0 aliphatic carbocycles. The molecule has 120 valence electrons. The maximum Gasteiger partial charge on any atom is 0.191 e. The summed E-state index contributed by atoms with van der Waals surface area (Å²) in [6.07, 6.45) is 6.66. The molecule has 2 heterocycles. The van der Waals surface area contributed by atoms with Crippen LogP contribution in [0, 0.1) is 0 Å². The molecule has 1 aliphatic heterocycles. The van der Waals surface area contributed by atoms with Gasteiger partial charge in [0.05, 0.1) is 6.26 Å². The van der Waals surface area contributed by atoms with Crippen molar-refractivity contribution in [1.82, 2.24) is 15.5 Å². The van der Waals surface area contributed by atoms with Gasteiger partial charge in [-0.2, -0.15) is 0 Å². The van der Waals surface area contributed by atoms with E-state index in [1.165, 1.54) is 32.4 Å². The van der Waals surface area contributed by atoms with Crippen LogP contribution in [0.5, 0.6) is 0 Å². The van der Waals surface area contributed by atoms with Crippen LogP contribution in [0.25, 0.3) is 0 Å². The molecule has 2 N–H and O–H groups in total. The molecule has 0 aromatic carbocycles. The third kappa shape index (κ3) is 7.17. The predicted octanol–water partition coefficient (Wildman–Crippen LogP) is 2.09. The Morgan fingerprint density at radius 2 is 2.00 bits per heavy atom. The standard InChI is InChI=1S/C15H26N4O.HI/c1-16-15(17-8-7-14-6-5-13-20-14)18-9-12-19-10-3-2-4-11-19;/h5-6,13H,2-4,7-12H2,1H3,(H2,16,17,18);1H. The molecule has 2 rings (SSSR count). The van der Waals surface area contributed by atoms with Gasteiger partial charge < -0.3 is 20.0 Å². The van der Waals surface area contributed by atoms with Crippen molar-refractivity contribution in [2.45, 2.75) is 25.7 Å². The van der Waals surface area contributed by atoms with Crippen LogP contribution in [0.1, 0.15) is 25.0 Å². The summed E-state index contributed by atoms with van der Waals surface area (Å²) in [5.41, 5.74) is 0. The first-order valence-electron chi connectivity index (χ1n) is 7.58. The van der Waals surface area contributed by atoms with Gasteiger partial charge in [-0.1, -0.05) is 6.42 Å². The number of likely N-dealkylation sites (tertiary alicyclic amines) is 1. The molecule has 0 atom stereocenters. The summed E-state index contributed by atoms with van der Waals surface area (Å²) >= 11 is 0. The lowest BCUT2D eigenvalue weighted by Crippen LogP contribution is -2.43. The van der Waals surface area contributed by atoms with Gasteiger partial charge in [-0.25, -0.2) is 0 Å². The lowest BCUT2D eigenvalue weighted by atomic mass is 10.1. The van der Waals surface area contributed by atoms with E-state index in [1.54, 1.807) is 6.26 Å². The number of aliphatic imine (C=N–C) groups is 1. The topological polar surface area (TPSA) is 52.8 Å². The summed E-state index contributed by atoms with van der Waals surface area (Å²) in [6, 6.07) is 3.91. The van der Waals surface area contributed by atoms with E-state index in [9.17, 15) is 0 Å². The lowest BCUT2D eigenvalue weighted by Gasteiger charge is -2.26. The van der Waals surface area contributed by atoms with E-state index in [0.717, 1.165) is 37.8 Å². The van der Waals surface area contributed by atoms with E-state index in [-0.39, 0.29) is 24.0 Å². The molecule has 1 aromatic heterocycles. The SMILES string of the molecule is CN=C(NCCc1ccco1)NCCN1CCCCC1.I. The van der Waals surface area contributed by atoms with Gasteiger partial charge in [0.2, 0.25) is 0 Å². The van der Waals surface area contributed by atoms with Gasteiger partial charge in [0.15, 0.2) is 5.96 Å². The monoisotopic (exact) mass is 406 g/mol. The Morgan fingerprint density at radius 3 is 2.67 bits per heavy atom. The fraction of sp³-hybridized carbons (Fsp3) is 0.667. The van der Waals surface area contributed by atoms with E-state index >= 15 is 0 Å². The number of furan rings is 1. The molecule has 6 heteroatoms. The number of halogens is 1. The fourth-order valence-electron chi connectivity index (χ4n) is 2.49. The minimum atomic E-state index is 0. The molecule has 0 amide bonds. The second kappa shape index (κ2) is 10.9. The van der Waals surface area contributed by atoms with E-state index in [0.29, 0.717) is 0 Å². The van der Waals surface area contributed by atoms with E-state index < -0.39 is 0 Å². The van der Waals surface area contributed by atoms with Crippen LogP contribution in [-0.2, 0) is 6.42 Å². The highest BCUT2D eigenvalue weighted by Gasteiger charge is 2.09. The van der Waals surface area contributed by atoms with Crippen LogP contribution in [0.2, 0.25) is 0 Å². The third-order valence-corrected chi connectivity index (χ3v) is 3.64. The van der Waals surface area contributed by atoms with Gasteiger partial charge in [-0.3, -0.25) is 4.99 Å². The zero-order valence-corrected chi connectivity index (χ0v) is 15.1. The molecule has 0 bridgehead atoms. The first-order chi connectivity index (χ1) is 9.88. The number of hydrogen-bond donors (Lipinski definition) is 2. The molecule has 21 heavy (non-hydrogen) atoms. The summed E-state index contributed by atoms with van der Waals surface area (Å²) in [5.74, 6) is 1.87. The Labute approximate surface area is 144 Å². The fourth-order valence-corrected chi connectivity index (χ4v) is 2.49. The maximum absolute atomic E-state index is 5.30. The minimum Gasteiger partial charge on any atom is -0.469 e. The van der Waals surface area contributed by atoms with Crippen LogP contribution in [0.4, 0.5) is 0 Å². The highest BCUT2D eigenvalue weighted by Crippen LogP contribution is 2.07. The van der Waals surface area contributed by atoms with Crippen molar-refractivity contribution < 1.29 is 4.42 Å². The van der Waals surface area contributed by atoms with Gasteiger partial charge in [-0.15, -0.1) is 24.0 Å². The normalized spacial score (nSPS) is 16.3. The molecular weight excluding hydrogens is 379 g/mol. The highest BCUT2D eigenvalue weighted by molar-refractivity contribution is 14.0. The molecule has 1 saturated heterocycles. The van der Waals surface area contributed by atoms with Gasteiger partial charge in [0.1, 0.15) is 5.76 Å². The Balaban J connectivity index is 0.00000220. The summed E-state index contributed by atoms with van der Waals surface area (Å²) in [4.78, 5) is 6.76. The first-order valence-corrected chi connectivity index (χ1v) is 7.58. The Morgan fingerprint density at radius 1 is 1.24 bits per heavy atom.